The Bertz CT molecular complexity index is 1550. The maximum atomic E-state index is 13.0. The molecule has 474 valence electrons. The van der Waals surface area contributed by atoms with Crippen LogP contribution in [0.2, 0.25) is 0 Å². The van der Waals surface area contributed by atoms with Crippen molar-refractivity contribution in [1.82, 2.24) is 0 Å². The Kier molecular flexibility index (Phi) is 67.2. The SMILES string of the molecule is CC/C=C\C/C=C\C/C=C\C/C=C\C/C=C\CCCCCCCCCCCCCC(=O)OCC(COC(=O)CCCCCCCCCCCCCC)OC(=O)CCCCCCCCCCCCCCC/C=C\C/C=C\CCCCCCC. The molecule has 0 spiro atoms. The van der Waals surface area contributed by atoms with Crippen LogP contribution in [0.5, 0.6) is 0 Å². The largest absolute Gasteiger partial charge is 0.462 e. The fourth-order valence-corrected chi connectivity index (χ4v) is 10.3. The average molecular weight is 1140 g/mol. The van der Waals surface area contributed by atoms with Crippen LogP contribution in [0, 0.1) is 0 Å². The lowest BCUT2D eigenvalue weighted by atomic mass is 10.0. The van der Waals surface area contributed by atoms with Crippen LogP contribution in [0.4, 0.5) is 0 Å². The van der Waals surface area contributed by atoms with Crippen molar-refractivity contribution in [3.63, 3.8) is 0 Å². The Balaban J connectivity index is 4.25. The Labute approximate surface area is 509 Å². The van der Waals surface area contributed by atoms with Crippen molar-refractivity contribution in [2.45, 2.75) is 367 Å². The van der Waals surface area contributed by atoms with E-state index in [9.17, 15) is 14.4 Å². The number of allylic oxidation sites excluding steroid dienone is 14. The molecule has 0 radical (unpaired) electrons. The van der Waals surface area contributed by atoms with E-state index in [-0.39, 0.29) is 31.1 Å². The van der Waals surface area contributed by atoms with Crippen molar-refractivity contribution in [2.75, 3.05) is 13.2 Å². The number of hydrogen-bond acceptors (Lipinski definition) is 6. The Morgan fingerprint density at radius 1 is 0.256 bits per heavy atom. The summed E-state index contributed by atoms with van der Waals surface area (Å²) in [6, 6.07) is 0. The minimum absolute atomic E-state index is 0.0730. The Morgan fingerprint density at radius 2 is 0.476 bits per heavy atom. The third-order valence-corrected chi connectivity index (χ3v) is 15.6. The number of esters is 3. The fraction of sp³-hybridized carbons (Fsp3) is 0.776. The molecular weight excluding hydrogens is 1010 g/mol. The van der Waals surface area contributed by atoms with E-state index >= 15 is 0 Å². The predicted octanol–water partition coefficient (Wildman–Crippen LogP) is 24.6. The monoisotopic (exact) mass is 1140 g/mol. The molecule has 0 aromatic heterocycles. The van der Waals surface area contributed by atoms with Gasteiger partial charge in [0.2, 0.25) is 0 Å². The Hall–Kier alpha value is -3.41. The van der Waals surface area contributed by atoms with Crippen molar-refractivity contribution in [1.29, 1.82) is 0 Å². The first-order valence-corrected chi connectivity index (χ1v) is 35.6. The molecule has 0 aliphatic carbocycles. The van der Waals surface area contributed by atoms with Crippen molar-refractivity contribution in [3.05, 3.63) is 85.1 Å². The average Bonchev–Trinajstić information content (AvgIpc) is 3.47. The summed E-state index contributed by atoms with van der Waals surface area (Å²) in [5.41, 5.74) is 0. The fourth-order valence-electron chi connectivity index (χ4n) is 10.3. The van der Waals surface area contributed by atoms with Crippen LogP contribution in [0.25, 0.3) is 0 Å². The van der Waals surface area contributed by atoms with Gasteiger partial charge in [0.25, 0.3) is 0 Å². The zero-order chi connectivity index (χ0) is 59.2. The normalized spacial score (nSPS) is 12.6. The summed E-state index contributed by atoms with van der Waals surface area (Å²) in [5.74, 6) is -0.858. The van der Waals surface area contributed by atoms with E-state index in [1.807, 2.05) is 0 Å². The van der Waals surface area contributed by atoms with E-state index in [4.69, 9.17) is 14.2 Å². The maximum Gasteiger partial charge on any atom is 0.306 e. The number of hydrogen-bond donors (Lipinski definition) is 0. The van der Waals surface area contributed by atoms with Crippen LogP contribution >= 0.6 is 0 Å². The zero-order valence-corrected chi connectivity index (χ0v) is 54.5. The second-order valence-corrected chi connectivity index (χ2v) is 23.8. The Morgan fingerprint density at radius 3 is 0.744 bits per heavy atom. The van der Waals surface area contributed by atoms with Gasteiger partial charge in [0.1, 0.15) is 13.2 Å². The molecule has 0 saturated heterocycles. The lowest BCUT2D eigenvalue weighted by Gasteiger charge is -2.18. The molecule has 0 rings (SSSR count). The van der Waals surface area contributed by atoms with E-state index < -0.39 is 6.10 Å². The topological polar surface area (TPSA) is 78.9 Å². The minimum Gasteiger partial charge on any atom is -0.462 e. The molecule has 0 aromatic rings. The van der Waals surface area contributed by atoms with E-state index in [1.54, 1.807) is 0 Å². The summed E-state index contributed by atoms with van der Waals surface area (Å²) >= 11 is 0. The maximum absolute atomic E-state index is 13.0. The molecule has 82 heavy (non-hydrogen) atoms. The summed E-state index contributed by atoms with van der Waals surface area (Å²) in [5, 5.41) is 0. The van der Waals surface area contributed by atoms with Crippen LogP contribution in [0.15, 0.2) is 85.1 Å². The van der Waals surface area contributed by atoms with Crippen LogP contribution in [0.1, 0.15) is 361 Å². The molecule has 0 heterocycles. The zero-order valence-electron chi connectivity index (χ0n) is 54.5. The van der Waals surface area contributed by atoms with Gasteiger partial charge in [-0.25, -0.2) is 0 Å². The van der Waals surface area contributed by atoms with Gasteiger partial charge < -0.3 is 14.2 Å². The molecule has 0 saturated carbocycles. The van der Waals surface area contributed by atoms with Gasteiger partial charge in [0, 0.05) is 19.3 Å². The molecule has 0 aliphatic rings. The van der Waals surface area contributed by atoms with Gasteiger partial charge in [-0.05, 0) is 96.3 Å². The van der Waals surface area contributed by atoms with Gasteiger partial charge in [-0.2, -0.15) is 0 Å². The van der Waals surface area contributed by atoms with Gasteiger partial charge >= 0.3 is 17.9 Å². The highest BCUT2D eigenvalue weighted by Crippen LogP contribution is 2.18. The van der Waals surface area contributed by atoms with E-state index in [2.05, 4.69) is 106 Å². The summed E-state index contributed by atoms with van der Waals surface area (Å²) in [7, 11) is 0. The van der Waals surface area contributed by atoms with Crippen molar-refractivity contribution in [3.8, 4) is 0 Å². The summed E-state index contributed by atoms with van der Waals surface area (Å²) < 4.78 is 17.0. The summed E-state index contributed by atoms with van der Waals surface area (Å²) in [4.78, 5) is 38.4. The van der Waals surface area contributed by atoms with Gasteiger partial charge in [0.05, 0.1) is 0 Å². The molecule has 6 nitrogen and oxygen atoms in total. The van der Waals surface area contributed by atoms with Crippen LogP contribution in [0.3, 0.4) is 0 Å². The highest BCUT2D eigenvalue weighted by molar-refractivity contribution is 5.71. The van der Waals surface area contributed by atoms with Crippen LogP contribution < -0.4 is 0 Å². The van der Waals surface area contributed by atoms with Gasteiger partial charge in [-0.3, -0.25) is 14.4 Å². The molecule has 0 aliphatic heterocycles. The number of unbranched alkanes of at least 4 members (excludes halogenated alkanes) is 40. The highest BCUT2D eigenvalue weighted by atomic mass is 16.6. The molecule has 0 amide bonds. The van der Waals surface area contributed by atoms with Crippen LogP contribution in [-0.2, 0) is 28.6 Å². The summed E-state index contributed by atoms with van der Waals surface area (Å²) in [6.45, 7) is 6.56. The van der Waals surface area contributed by atoms with E-state index in [1.165, 1.54) is 225 Å². The molecule has 0 aromatic carbocycles. The smallest absolute Gasteiger partial charge is 0.306 e. The summed E-state index contributed by atoms with van der Waals surface area (Å²) in [6.07, 6.45) is 93.2. The highest BCUT2D eigenvalue weighted by Gasteiger charge is 2.19. The third kappa shape index (κ3) is 67.4. The number of rotatable bonds is 65. The third-order valence-electron chi connectivity index (χ3n) is 15.6. The first kappa shape index (κ1) is 78.6. The first-order valence-electron chi connectivity index (χ1n) is 35.6. The van der Waals surface area contributed by atoms with E-state index in [0.29, 0.717) is 19.3 Å². The van der Waals surface area contributed by atoms with Gasteiger partial charge in [-0.1, -0.05) is 331 Å². The molecule has 1 unspecified atom stereocenters. The number of ether oxygens (including phenoxy) is 3. The molecule has 0 fully saturated rings. The standard InChI is InChI=1S/C76H134O6/c1-4-7-10-13-16-19-22-25-27-29-31-33-35-37-38-40-41-43-45-47-49-51-54-57-60-63-66-69-75(78)81-72-73(71-80-74(77)68-65-62-59-56-53-24-21-18-15-12-9-6-3)82-76(79)70-67-64-61-58-55-52-50-48-46-44-42-39-36-34-32-30-28-26-23-20-17-14-11-8-5-2/h7,10,16,19,23,25-27,30-33,37-38,73H,4-6,8-9,11-15,17-18,20-22,24,28-29,34-36,39-72H2,1-3H3/b10-7-,19-16-,26-23-,27-25-,32-30-,33-31-,38-37-. The van der Waals surface area contributed by atoms with E-state index in [0.717, 1.165) is 96.3 Å². The lowest BCUT2D eigenvalue weighted by molar-refractivity contribution is -0.167. The molecular formula is C76H134O6. The second kappa shape index (κ2) is 70.1. The van der Waals surface area contributed by atoms with Crippen molar-refractivity contribution >= 4 is 17.9 Å². The van der Waals surface area contributed by atoms with Crippen molar-refractivity contribution < 1.29 is 28.6 Å². The minimum atomic E-state index is -0.777. The van der Waals surface area contributed by atoms with Crippen molar-refractivity contribution in [2.24, 2.45) is 0 Å². The molecule has 0 bridgehead atoms. The number of carbonyl (C=O) groups is 3. The predicted molar refractivity (Wildman–Crippen MR) is 358 cm³/mol. The second-order valence-electron chi connectivity index (χ2n) is 23.8. The molecule has 0 N–H and O–H groups in total. The lowest BCUT2D eigenvalue weighted by Crippen LogP contribution is -2.30. The first-order chi connectivity index (χ1) is 40.5. The number of carbonyl (C=O) groups excluding carboxylic acids is 3. The molecule has 1 atom stereocenters. The van der Waals surface area contributed by atoms with Crippen LogP contribution in [-0.4, -0.2) is 37.2 Å². The molecule has 6 heteroatoms. The quantitative estimate of drug-likeness (QED) is 0.0261. The van der Waals surface area contributed by atoms with Gasteiger partial charge in [0.15, 0.2) is 6.10 Å². The van der Waals surface area contributed by atoms with Gasteiger partial charge in [-0.15, -0.1) is 0 Å².